The zero-order valence-electron chi connectivity index (χ0n) is 15.1. The molecule has 0 radical (unpaired) electrons. The first-order chi connectivity index (χ1) is 13.9. The summed E-state index contributed by atoms with van der Waals surface area (Å²) in [5.41, 5.74) is 8.32. The maximum Gasteiger partial charge on any atom is 0.160 e. The van der Waals surface area contributed by atoms with E-state index in [2.05, 4.69) is 71.7 Å². The number of benzene rings is 4. The van der Waals surface area contributed by atoms with Gasteiger partial charge in [-0.3, -0.25) is 0 Å². The minimum Gasteiger partial charge on any atom is -0.237 e. The molecule has 1 aliphatic rings. The summed E-state index contributed by atoms with van der Waals surface area (Å²) >= 11 is 0. The minimum atomic E-state index is 0.765. The first-order valence-electron chi connectivity index (χ1n) is 9.44. The Kier molecular flexibility index (Phi) is 3.20. The molecule has 4 aromatic carbocycles. The lowest BCUT2D eigenvalue weighted by Crippen LogP contribution is -1.93. The van der Waals surface area contributed by atoms with Crippen LogP contribution in [0, 0.1) is 0 Å². The highest BCUT2D eigenvalue weighted by atomic mass is 14.9. The normalized spacial score (nSPS) is 11.6. The Hall–Kier alpha value is -3.78. The van der Waals surface area contributed by atoms with Crippen molar-refractivity contribution < 1.29 is 0 Å². The Morgan fingerprint density at radius 2 is 1.18 bits per heavy atom. The van der Waals surface area contributed by atoms with Crippen molar-refractivity contribution in [1.29, 1.82) is 0 Å². The van der Waals surface area contributed by atoms with E-state index in [1.165, 1.54) is 33.0 Å². The van der Waals surface area contributed by atoms with Crippen molar-refractivity contribution in [3.05, 3.63) is 97.2 Å². The molecule has 1 heterocycles. The fraction of sp³-hybridized carbons (Fsp3) is 0. The van der Waals surface area contributed by atoms with Crippen LogP contribution in [-0.4, -0.2) is 9.97 Å². The van der Waals surface area contributed by atoms with Crippen LogP contribution in [0.3, 0.4) is 0 Å². The van der Waals surface area contributed by atoms with Gasteiger partial charge in [0.2, 0.25) is 0 Å². The van der Waals surface area contributed by atoms with Crippen molar-refractivity contribution in [3.63, 3.8) is 0 Å². The highest BCUT2D eigenvalue weighted by Crippen LogP contribution is 2.48. The van der Waals surface area contributed by atoms with Gasteiger partial charge in [0.15, 0.2) is 5.82 Å². The Labute approximate surface area is 163 Å². The molecular weight excluding hydrogens is 340 g/mol. The molecule has 0 bridgehead atoms. The van der Waals surface area contributed by atoms with Gasteiger partial charge in [0.25, 0.3) is 0 Å². The monoisotopic (exact) mass is 356 g/mol. The van der Waals surface area contributed by atoms with Gasteiger partial charge in [-0.15, -0.1) is 0 Å². The highest BCUT2D eigenvalue weighted by Gasteiger charge is 2.22. The van der Waals surface area contributed by atoms with E-state index in [1.54, 1.807) is 0 Å². The van der Waals surface area contributed by atoms with Gasteiger partial charge in [-0.2, -0.15) is 0 Å². The Balaban J connectivity index is 1.60. The van der Waals surface area contributed by atoms with E-state index >= 15 is 0 Å². The first kappa shape index (κ1) is 15.3. The predicted molar refractivity (Wildman–Crippen MR) is 115 cm³/mol. The van der Waals surface area contributed by atoms with Crippen LogP contribution in [0.15, 0.2) is 97.2 Å². The van der Waals surface area contributed by atoms with Crippen LogP contribution in [0.4, 0.5) is 0 Å². The van der Waals surface area contributed by atoms with Gasteiger partial charge < -0.3 is 0 Å². The molecular formula is C26H16N2. The van der Waals surface area contributed by atoms with E-state index in [9.17, 15) is 0 Å². The zero-order chi connectivity index (χ0) is 18.5. The van der Waals surface area contributed by atoms with Crippen LogP contribution in [0.5, 0.6) is 0 Å². The lowest BCUT2D eigenvalue weighted by atomic mass is 9.98. The molecule has 0 saturated heterocycles. The Morgan fingerprint density at radius 3 is 2.00 bits per heavy atom. The van der Waals surface area contributed by atoms with Gasteiger partial charge in [0, 0.05) is 17.3 Å². The van der Waals surface area contributed by atoms with E-state index in [0.29, 0.717) is 0 Å². The summed E-state index contributed by atoms with van der Waals surface area (Å²) in [7, 11) is 0. The summed E-state index contributed by atoms with van der Waals surface area (Å²) in [5, 5.41) is 2.51. The number of rotatable bonds is 2. The lowest BCUT2D eigenvalue weighted by molar-refractivity contribution is 1.18. The van der Waals surface area contributed by atoms with Crippen molar-refractivity contribution in [2.75, 3.05) is 0 Å². The lowest BCUT2D eigenvalue weighted by Gasteiger charge is -2.09. The molecule has 0 aliphatic heterocycles. The number of fused-ring (bicyclic) bond motifs is 3. The molecule has 0 N–H and O–H groups in total. The van der Waals surface area contributed by atoms with Gasteiger partial charge in [-0.1, -0.05) is 78.9 Å². The van der Waals surface area contributed by atoms with Crippen molar-refractivity contribution in [3.8, 4) is 44.9 Å². The number of hydrogen-bond donors (Lipinski definition) is 0. The minimum absolute atomic E-state index is 0.765. The van der Waals surface area contributed by atoms with Gasteiger partial charge in [-0.05, 0) is 45.2 Å². The van der Waals surface area contributed by atoms with Gasteiger partial charge in [-0.25, -0.2) is 9.97 Å². The average Bonchev–Trinajstić information content (AvgIpc) is 3.11. The SMILES string of the molecule is c1ccc(-c2ccnc(-c3ccc4c5c(cccc35)-c3ccccc3-4)n2)cc1. The first-order valence-corrected chi connectivity index (χ1v) is 9.44. The molecule has 0 saturated carbocycles. The predicted octanol–water partition coefficient (Wildman–Crippen LogP) is 6.61. The summed E-state index contributed by atoms with van der Waals surface area (Å²) in [6.45, 7) is 0. The molecule has 0 unspecified atom stereocenters. The van der Waals surface area contributed by atoms with Crippen molar-refractivity contribution in [1.82, 2.24) is 9.97 Å². The van der Waals surface area contributed by atoms with Gasteiger partial charge in [0.1, 0.15) is 0 Å². The third-order valence-electron chi connectivity index (χ3n) is 5.51. The van der Waals surface area contributed by atoms with Gasteiger partial charge >= 0.3 is 0 Å². The molecule has 0 fully saturated rings. The van der Waals surface area contributed by atoms with E-state index in [0.717, 1.165) is 22.6 Å². The van der Waals surface area contributed by atoms with Crippen LogP contribution in [0.25, 0.3) is 55.7 Å². The van der Waals surface area contributed by atoms with E-state index < -0.39 is 0 Å². The highest BCUT2D eigenvalue weighted by molar-refractivity contribution is 6.18. The fourth-order valence-corrected chi connectivity index (χ4v) is 4.26. The molecule has 130 valence electrons. The van der Waals surface area contributed by atoms with Crippen molar-refractivity contribution in [2.45, 2.75) is 0 Å². The van der Waals surface area contributed by atoms with Crippen LogP contribution < -0.4 is 0 Å². The Morgan fingerprint density at radius 1 is 0.500 bits per heavy atom. The molecule has 1 aromatic heterocycles. The molecule has 5 aromatic rings. The maximum absolute atomic E-state index is 4.88. The van der Waals surface area contributed by atoms with Crippen LogP contribution >= 0.6 is 0 Å². The third-order valence-corrected chi connectivity index (χ3v) is 5.51. The molecule has 6 rings (SSSR count). The number of aromatic nitrogens is 2. The molecule has 2 nitrogen and oxygen atoms in total. The molecule has 0 spiro atoms. The number of nitrogens with zero attached hydrogens (tertiary/aromatic N) is 2. The van der Waals surface area contributed by atoms with Crippen LogP contribution in [-0.2, 0) is 0 Å². The summed E-state index contributed by atoms with van der Waals surface area (Å²) in [5.74, 6) is 0.765. The average molecular weight is 356 g/mol. The van der Waals surface area contributed by atoms with Crippen LogP contribution in [0.2, 0.25) is 0 Å². The van der Waals surface area contributed by atoms with Gasteiger partial charge in [0.05, 0.1) is 5.69 Å². The topological polar surface area (TPSA) is 25.8 Å². The fourth-order valence-electron chi connectivity index (χ4n) is 4.26. The molecule has 28 heavy (non-hydrogen) atoms. The Bertz CT molecular complexity index is 1320. The summed E-state index contributed by atoms with van der Waals surface area (Å²) in [6.07, 6.45) is 1.85. The smallest absolute Gasteiger partial charge is 0.160 e. The number of hydrogen-bond acceptors (Lipinski definition) is 2. The molecule has 2 heteroatoms. The van der Waals surface area contributed by atoms with E-state index in [4.69, 9.17) is 4.98 Å². The second-order valence-electron chi connectivity index (χ2n) is 7.07. The largest absolute Gasteiger partial charge is 0.237 e. The van der Waals surface area contributed by atoms with E-state index in [-0.39, 0.29) is 0 Å². The van der Waals surface area contributed by atoms with Crippen molar-refractivity contribution >= 4 is 10.8 Å². The molecule has 1 aliphatic carbocycles. The summed E-state index contributed by atoms with van der Waals surface area (Å²) in [4.78, 5) is 9.48. The quantitative estimate of drug-likeness (QED) is 0.349. The second-order valence-corrected chi connectivity index (χ2v) is 7.07. The van der Waals surface area contributed by atoms with E-state index in [1.807, 2.05) is 30.5 Å². The standard InChI is InChI=1S/C26H16N2/c1-2-7-17(8-3-1)24-15-16-27-26(28-24)23-14-13-22-19-10-5-4-9-18(19)20-11-6-12-21(23)25(20)22/h1-16H. The second kappa shape index (κ2) is 5.86. The zero-order valence-corrected chi connectivity index (χ0v) is 15.1. The van der Waals surface area contributed by atoms with Crippen molar-refractivity contribution in [2.24, 2.45) is 0 Å². The summed E-state index contributed by atoms with van der Waals surface area (Å²) in [6, 6.07) is 31.7. The summed E-state index contributed by atoms with van der Waals surface area (Å²) < 4.78 is 0. The van der Waals surface area contributed by atoms with Crippen LogP contribution in [0.1, 0.15) is 0 Å². The molecule has 0 amide bonds. The maximum atomic E-state index is 4.88. The third kappa shape index (κ3) is 2.15. The molecule has 0 atom stereocenters.